The first kappa shape index (κ1) is 15.1. The second-order valence-electron chi connectivity index (χ2n) is 5.31. The van der Waals surface area contributed by atoms with E-state index in [4.69, 9.17) is 4.74 Å². The number of amides is 1. The van der Waals surface area contributed by atoms with Crippen LogP contribution in [0, 0.1) is 0 Å². The average Bonchev–Trinajstić information content (AvgIpc) is 2.42. The van der Waals surface area contributed by atoms with E-state index in [1.165, 1.54) is 0 Å². The van der Waals surface area contributed by atoms with Crippen LogP contribution >= 0.6 is 11.8 Å². The first-order valence-corrected chi connectivity index (χ1v) is 8.12. The molecule has 0 aromatic rings. The van der Waals surface area contributed by atoms with Crippen LogP contribution in [0.3, 0.4) is 0 Å². The van der Waals surface area contributed by atoms with Crippen molar-refractivity contribution in [2.24, 2.45) is 0 Å². The zero-order valence-corrected chi connectivity index (χ0v) is 12.5. The molecule has 0 spiro atoms. The molecule has 1 unspecified atom stereocenters. The standard InChI is InChI=1S/C13H24N2O3S/c1-18-8-5-15-4-2-3-13(17,12(15)16)11-14-6-9-19-10-7-14/h17H,2-11H2,1H3. The Bertz CT molecular complexity index is 310. The van der Waals surface area contributed by atoms with E-state index in [0.717, 1.165) is 37.6 Å². The minimum absolute atomic E-state index is 0.117. The van der Waals surface area contributed by atoms with Gasteiger partial charge in [-0.3, -0.25) is 9.69 Å². The molecule has 19 heavy (non-hydrogen) atoms. The summed E-state index contributed by atoms with van der Waals surface area (Å²) in [5.41, 5.74) is -1.19. The van der Waals surface area contributed by atoms with Crippen LogP contribution in [0.25, 0.3) is 0 Å². The zero-order chi connectivity index (χ0) is 13.7. The Morgan fingerprint density at radius 2 is 2.11 bits per heavy atom. The molecule has 1 atom stereocenters. The van der Waals surface area contributed by atoms with Crippen molar-refractivity contribution < 1.29 is 14.6 Å². The molecule has 2 fully saturated rings. The van der Waals surface area contributed by atoms with Gasteiger partial charge in [-0.05, 0) is 12.8 Å². The van der Waals surface area contributed by atoms with Gasteiger partial charge in [-0.2, -0.15) is 11.8 Å². The summed E-state index contributed by atoms with van der Waals surface area (Å²) < 4.78 is 5.02. The number of rotatable bonds is 5. The molecule has 0 aromatic carbocycles. The third-order valence-corrected chi connectivity index (χ3v) is 4.80. The Morgan fingerprint density at radius 1 is 1.37 bits per heavy atom. The zero-order valence-electron chi connectivity index (χ0n) is 11.6. The quantitative estimate of drug-likeness (QED) is 0.774. The Kier molecular flexibility index (Phi) is 5.50. The number of likely N-dealkylation sites (tertiary alicyclic amines) is 1. The molecule has 0 saturated carbocycles. The smallest absolute Gasteiger partial charge is 0.255 e. The molecule has 0 aliphatic carbocycles. The van der Waals surface area contributed by atoms with Crippen molar-refractivity contribution in [2.45, 2.75) is 18.4 Å². The van der Waals surface area contributed by atoms with Gasteiger partial charge >= 0.3 is 0 Å². The average molecular weight is 288 g/mol. The van der Waals surface area contributed by atoms with Crippen molar-refractivity contribution >= 4 is 17.7 Å². The molecular weight excluding hydrogens is 264 g/mol. The highest BCUT2D eigenvalue weighted by Crippen LogP contribution is 2.25. The van der Waals surface area contributed by atoms with Crippen LogP contribution in [0.2, 0.25) is 0 Å². The van der Waals surface area contributed by atoms with Gasteiger partial charge in [0.2, 0.25) is 0 Å². The van der Waals surface area contributed by atoms with E-state index in [1.54, 1.807) is 12.0 Å². The van der Waals surface area contributed by atoms with Crippen LogP contribution in [0.4, 0.5) is 0 Å². The summed E-state index contributed by atoms with van der Waals surface area (Å²) in [4.78, 5) is 16.4. The molecule has 2 rings (SSSR count). The number of hydrogen-bond donors (Lipinski definition) is 1. The third kappa shape index (κ3) is 3.84. The maximum atomic E-state index is 12.4. The monoisotopic (exact) mass is 288 g/mol. The summed E-state index contributed by atoms with van der Waals surface area (Å²) >= 11 is 1.94. The normalized spacial score (nSPS) is 29.8. The molecule has 6 heteroatoms. The Hall–Kier alpha value is -0.300. The van der Waals surface area contributed by atoms with Gasteiger partial charge in [0, 0.05) is 51.3 Å². The minimum Gasteiger partial charge on any atom is -0.383 e. The van der Waals surface area contributed by atoms with Gasteiger partial charge in [0.05, 0.1) is 6.61 Å². The predicted octanol–water partition coefficient (Wildman–Crippen LogP) is 0.0351. The second kappa shape index (κ2) is 6.92. The lowest BCUT2D eigenvalue weighted by Gasteiger charge is -2.41. The van der Waals surface area contributed by atoms with Crippen molar-refractivity contribution in [1.29, 1.82) is 0 Å². The van der Waals surface area contributed by atoms with Crippen LogP contribution in [-0.4, -0.2) is 84.4 Å². The molecule has 5 nitrogen and oxygen atoms in total. The van der Waals surface area contributed by atoms with E-state index in [0.29, 0.717) is 26.1 Å². The topological polar surface area (TPSA) is 53.0 Å². The van der Waals surface area contributed by atoms with Crippen LogP contribution in [0.15, 0.2) is 0 Å². The molecule has 2 aliphatic rings. The van der Waals surface area contributed by atoms with Gasteiger partial charge in [-0.1, -0.05) is 0 Å². The van der Waals surface area contributed by atoms with Crippen LogP contribution in [-0.2, 0) is 9.53 Å². The fourth-order valence-corrected chi connectivity index (χ4v) is 3.73. The number of hydrogen-bond acceptors (Lipinski definition) is 5. The molecule has 2 aliphatic heterocycles. The van der Waals surface area contributed by atoms with Gasteiger partial charge in [-0.25, -0.2) is 0 Å². The van der Waals surface area contributed by atoms with Gasteiger partial charge < -0.3 is 14.7 Å². The van der Waals surface area contributed by atoms with Crippen LogP contribution in [0.5, 0.6) is 0 Å². The van der Waals surface area contributed by atoms with Crippen molar-refractivity contribution in [2.75, 3.05) is 57.9 Å². The van der Waals surface area contributed by atoms with E-state index in [-0.39, 0.29) is 5.91 Å². The molecular formula is C13H24N2O3S. The fraction of sp³-hybridized carbons (Fsp3) is 0.923. The molecule has 110 valence electrons. The maximum absolute atomic E-state index is 12.4. The third-order valence-electron chi connectivity index (χ3n) is 3.86. The second-order valence-corrected chi connectivity index (χ2v) is 6.53. The first-order valence-electron chi connectivity index (χ1n) is 6.96. The van der Waals surface area contributed by atoms with E-state index in [2.05, 4.69) is 4.90 Å². The first-order chi connectivity index (χ1) is 9.15. The number of β-amino-alcohol motifs (C(OH)–C–C–N with tert-alkyl or cyclic N) is 1. The van der Waals surface area contributed by atoms with Crippen molar-refractivity contribution in [3.05, 3.63) is 0 Å². The highest BCUT2D eigenvalue weighted by Gasteiger charge is 2.43. The van der Waals surface area contributed by atoms with E-state index in [9.17, 15) is 9.90 Å². The number of thioether (sulfide) groups is 1. The number of aliphatic hydroxyl groups is 1. The fourth-order valence-electron chi connectivity index (χ4n) is 2.76. The largest absolute Gasteiger partial charge is 0.383 e. The number of carbonyl (C=O) groups excluding carboxylic acids is 1. The van der Waals surface area contributed by atoms with E-state index < -0.39 is 5.60 Å². The summed E-state index contributed by atoms with van der Waals surface area (Å²) in [6.45, 7) is 4.27. The van der Waals surface area contributed by atoms with Crippen molar-refractivity contribution in [3.63, 3.8) is 0 Å². The molecule has 0 bridgehead atoms. The Labute approximate surface area is 119 Å². The lowest BCUT2D eigenvalue weighted by molar-refractivity contribution is -0.160. The van der Waals surface area contributed by atoms with Crippen LogP contribution < -0.4 is 0 Å². The molecule has 1 N–H and O–H groups in total. The van der Waals surface area contributed by atoms with E-state index >= 15 is 0 Å². The van der Waals surface area contributed by atoms with Gasteiger partial charge in [0.15, 0.2) is 5.60 Å². The molecule has 0 radical (unpaired) electrons. The number of methoxy groups -OCH3 is 1. The number of piperidine rings is 1. The minimum atomic E-state index is -1.19. The molecule has 2 saturated heterocycles. The lowest BCUT2D eigenvalue weighted by Crippen LogP contribution is -2.59. The number of ether oxygens (including phenoxy) is 1. The molecule has 1 amide bonds. The summed E-state index contributed by atoms with van der Waals surface area (Å²) in [5.74, 6) is 2.07. The summed E-state index contributed by atoms with van der Waals surface area (Å²) in [6, 6.07) is 0. The van der Waals surface area contributed by atoms with Gasteiger partial charge in [0.1, 0.15) is 0 Å². The summed E-state index contributed by atoms with van der Waals surface area (Å²) in [7, 11) is 1.63. The Balaban J connectivity index is 1.93. The van der Waals surface area contributed by atoms with Gasteiger partial charge in [0.25, 0.3) is 5.91 Å². The molecule has 2 heterocycles. The maximum Gasteiger partial charge on any atom is 0.255 e. The lowest BCUT2D eigenvalue weighted by atomic mass is 9.91. The van der Waals surface area contributed by atoms with Crippen molar-refractivity contribution in [1.82, 2.24) is 9.80 Å². The molecule has 0 aromatic heterocycles. The summed E-state index contributed by atoms with van der Waals surface area (Å²) in [5, 5.41) is 10.7. The highest BCUT2D eigenvalue weighted by atomic mass is 32.2. The Morgan fingerprint density at radius 3 is 2.79 bits per heavy atom. The predicted molar refractivity (Wildman–Crippen MR) is 76.4 cm³/mol. The van der Waals surface area contributed by atoms with Crippen LogP contribution in [0.1, 0.15) is 12.8 Å². The van der Waals surface area contributed by atoms with E-state index in [1.807, 2.05) is 11.8 Å². The number of nitrogens with zero attached hydrogens (tertiary/aromatic N) is 2. The SMILES string of the molecule is COCCN1CCCC(O)(CN2CCSCC2)C1=O. The summed E-state index contributed by atoms with van der Waals surface area (Å²) in [6.07, 6.45) is 1.45. The highest BCUT2D eigenvalue weighted by molar-refractivity contribution is 7.99. The van der Waals surface area contributed by atoms with Gasteiger partial charge in [-0.15, -0.1) is 0 Å². The number of carbonyl (C=O) groups is 1. The van der Waals surface area contributed by atoms with Crippen molar-refractivity contribution in [3.8, 4) is 0 Å².